The van der Waals surface area contributed by atoms with Crippen LogP contribution in [0, 0.1) is 11.8 Å². The standard InChI is InChI=1S/C23H34N2O5/c1-4-28-23(27)17-8-10-25(11-9-17)15-21(26)24-22(16(2)3)18-6-7-19-20(14-18)30-13-5-12-29-19/h6-7,14,16-17,22H,4-5,8-13,15H2,1-3H3,(H,24,26)/t22-/m1/s1. The molecule has 1 N–H and O–H groups in total. The fourth-order valence-electron chi connectivity index (χ4n) is 4.02. The van der Waals surface area contributed by atoms with Gasteiger partial charge in [0.05, 0.1) is 38.3 Å². The van der Waals surface area contributed by atoms with E-state index in [0.29, 0.717) is 26.4 Å². The van der Waals surface area contributed by atoms with Gasteiger partial charge in [0.15, 0.2) is 11.5 Å². The minimum Gasteiger partial charge on any atom is -0.490 e. The number of likely N-dealkylation sites (tertiary alicyclic amines) is 1. The molecule has 3 rings (SSSR count). The molecule has 0 radical (unpaired) electrons. The number of carbonyl (C=O) groups is 2. The molecule has 7 nitrogen and oxygen atoms in total. The summed E-state index contributed by atoms with van der Waals surface area (Å²) < 4.78 is 16.6. The molecule has 0 bridgehead atoms. The Morgan fingerprint density at radius 1 is 1.17 bits per heavy atom. The van der Waals surface area contributed by atoms with Crippen LogP contribution in [0.4, 0.5) is 0 Å². The van der Waals surface area contributed by atoms with E-state index in [4.69, 9.17) is 14.2 Å². The summed E-state index contributed by atoms with van der Waals surface area (Å²) in [6, 6.07) is 5.81. The van der Waals surface area contributed by atoms with Crippen molar-refractivity contribution in [2.45, 2.75) is 46.1 Å². The van der Waals surface area contributed by atoms with E-state index < -0.39 is 0 Å². The molecule has 0 saturated carbocycles. The third-order valence-corrected chi connectivity index (χ3v) is 5.69. The first-order valence-electron chi connectivity index (χ1n) is 11.1. The molecule has 7 heteroatoms. The van der Waals surface area contributed by atoms with Crippen LogP contribution in [0.5, 0.6) is 11.5 Å². The van der Waals surface area contributed by atoms with E-state index in [0.717, 1.165) is 49.4 Å². The normalized spacial score (nSPS) is 18.5. The van der Waals surface area contributed by atoms with Crippen LogP contribution in [-0.4, -0.2) is 56.2 Å². The number of ether oxygens (including phenoxy) is 3. The third-order valence-electron chi connectivity index (χ3n) is 5.69. The van der Waals surface area contributed by atoms with Crippen LogP contribution in [-0.2, 0) is 14.3 Å². The van der Waals surface area contributed by atoms with Gasteiger partial charge in [0.25, 0.3) is 0 Å². The zero-order valence-electron chi connectivity index (χ0n) is 18.3. The van der Waals surface area contributed by atoms with Crippen LogP contribution >= 0.6 is 0 Å². The van der Waals surface area contributed by atoms with E-state index in [2.05, 4.69) is 24.1 Å². The van der Waals surface area contributed by atoms with Gasteiger partial charge in [-0.1, -0.05) is 19.9 Å². The first kappa shape index (κ1) is 22.4. The lowest BCUT2D eigenvalue weighted by molar-refractivity contribution is -0.149. The summed E-state index contributed by atoms with van der Waals surface area (Å²) >= 11 is 0. The van der Waals surface area contributed by atoms with Crippen molar-refractivity contribution in [1.29, 1.82) is 0 Å². The topological polar surface area (TPSA) is 77.1 Å². The van der Waals surface area contributed by atoms with Crippen LogP contribution in [0.3, 0.4) is 0 Å². The van der Waals surface area contributed by atoms with Gasteiger partial charge in [-0.25, -0.2) is 0 Å². The SMILES string of the molecule is CCOC(=O)C1CCN(CC(=O)N[C@@H](c2ccc3c(c2)OCCCO3)C(C)C)CC1. The van der Waals surface area contributed by atoms with Crippen molar-refractivity contribution in [2.24, 2.45) is 11.8 Å². The summed E-state index contributed by atoms with van der Waals surface area (Å²) in [7, 11) is 0. The van der Waals surface area contributed by atoms with E-state index in [1.165, 1.54) is 0 Å². The smallest absolute Gasteiger partial charge is 0.309 e. The molecule has 1 saturated heterocycles. The van der Waals surface area contributed by atoms with Crippen molar-refractivity contribution >= 4 is 11.9 Å². The number of piperidine rings is 1. The van der Waals surface area contributed by atoms with Crippen LogP contribution in [0.2, 0.25) is 0 Å². The Morgan fingerprint density at radius 2 is 1.87 bits per heavy atom. The zero-order valence-corrected chi connectivity index (χ0v) is 18.3. The number of nitrogens with one attached hydrogen (secondary N) is 1. The second-order valence-electron chi connectivity index (χ2n) is 8.35. The highest BCUT2D eigenvalue weighted by molar-refractivity contribution is 5.78. The summed E-state index contributed by atoms with van der Waals surface area (Å²) in [5, 5.41) is 3.19. The van der Waals surface area contributed by atoms with Crippen LogP contribution in [0.1, 0.15) is 51.6 Å². The molecule has 2 heterocycles. The largest absolute Gasteiger partial charge is 0.490 e. The lowest BCUT2D eigenvalue weighted by Gasteiger charge is -2.31. The molecule has 0 aromatic heterocycles. The summed E-state index contributed by atoms with van der Waals surface area (Å²) in [5.74, 6) is 1.56. The van der Waals surface area contributed by atoms with E-state index in [-0.39, 0.29) is 29.8 Å². The van der Waals surface area contributed by atoms with Gasteiger partial charge in [0.2, 0.25) is 5.91 Å². The molecule has 2 aliphatic rings. The predicted octanol–water partition coefficient (Wildman–Crippen LogP) is 2.94. The van der Waals surface area contributed by atoms with Crippen LogP contribution < -0.4 is 14.8 Å². The van der Waals surface area contributed by atoms with Gasteiger partial charge >= 0.3 is 5.97 Å². The lowest BCUT2D eigenvalue weighted by atomic mass is 9.95. The van der Waals surface area contributed by atoms with Crippen molar-refractivity contribution in [2.75, 3.05) is 39.5 Å². The number of esters is 1. The summed E-state index contributed by atoms with van der Waals surface area (Å²) in [6.45, 7) is 9.52. The minimum atomic E-state index is -0.115. The number of nitrogens with zero attached hydrogens (tertiary/aromatic N) is 1. The Labute approximate surface area is 179 Å². The Kier molecular flexibility index (Phi) is 7.96. The van der Waals surface area contributed by atoms with Gasteiger partial charge in [0, 0.05) is 6.42 Å². The van der Waals surface area contributed by atoms with Gasteiger partial charge in [-0.15, -0.1) is 0 Å². The fourth-order valence-corrected chi connectivity index (χ4v) is 4.02. The molecule has 1 aromatic rings. The fraction of sp³-hybridized carbons (Fsp3) is 0.652. The molecule has 1 atom stereocenters. The predicted molar refractivity (Wildman–Crippen MR) is 114 cm³/mol. The van der Waals surface area contributed by atoms with Gasteiger partial charge in [0.1, 0.15) is 0 Å². The highest BCUT2D eigenvalue weighted by atomic mass is 16.5. The maximum Gasteiger partial charge on any atom is 0.309 e. The number of carbonyl (C=O) groups excluding carboxylic acids is 2. The minimum absolute atomic E-state index is 0.00426. The molecular weight excluding hydrogens is 384 g/mol. The lowest BCUT2D eigenvalue weighted by Crippen LogP contribution is -2.44. The monoisotopic (exact) mass is 418 g/mol. The zero-order chi connectivity index (χ0) is 21.5. The highest BCUT2D eigenvalue weighted by Crippen LogP contribution is 2.34. The summed E-state index contributed by atoms with van der Waals surface area (Å²) in [6.07, 6.45) is 2.34. The van der Waals surface area contributed by atoms with E-state index in [1.54, 1.807) is 0 Å². The molecule has 1 fully saturated rings. The average Bonchev–Trinajstić information content (AvgIpc) is 2.97. The first-order valence-corrected chi connectivity index (χ1v) is 11.1. The van der Waals surface area contributed by atoms with E-state index >= 15 is 0 Å². The molecule has 1 aromatic carbocycles. The molecule has 0 aliphatic carbocycles. The van der Waals surface area contributed by atoms with Gasteiger partial charge in [-0.2, -0.15) is 0 Å². The number of hydrogen-bond donors (Lipinski definition) is 1. The van der Waals surface area contributed by atoms with Crippen molar-refractivity contribution in [3.05, 3.63) is 23.8 Å². The molecular formula is C23H34N2O5. The Hall–Kier alpha value is -2.28. The first-order chi connectivity index (χ1) is 14.5. The quantitative estimate of drug-likeness (QED) is 0.686. The van der Waals surface area contributed by atoms with E-state index in [1.807, 2.05) is 25.1 Å². The number of hydrogen-bond acceptors (Lipinski definition) is 6. The maximum atomic E-state index is 12.8. The highest BCUT2D eigenvalue weighted by Gasteiger charge is 2.28. The molecule has 0 unspecified atom stereocenters. The molecule has 2 aliphatic heterocycles. The number of benzene rings is 1. The van der Waals surface area contributed by atoms with E-state index in [9.17, 15) is 9.59 Å². The average molecular weight is 419 g/mol. The number of amides is 1. The second-order valence-corrected chi connectivity index (χ2v) is 8.35. The van der Waals surface area contributed by atoms with Crippen molar-refractivity contribution in [3.63, 3.8) is 0 Å². The molecule has 166 valence electrons. The summed E-state index contributed by atoms with van der Waals surface area (Å²) in [5.41, 5.74) is 1.02. The van der Waals surface area contributed by atoms with Crippen molar-refractivity contribution in [1.82, 2.24) is 10.2 Å². The molecule has 1 amide bonds. The van der Waals surface area contributed by atoms with Crippen LogP contribution in [0.25, 0.3) is 0 Å². The van der Waals surface area contributed by atoms with Crippen molar-refractivity contribution < 1.29 is 23.8 Å². The van der Waals surface area contributed by atoms with Gasteiger partial charge in [-0.05, 0) is 56.5 Å². The van der Waals surface area contributed by atoms with Gasteiger partial charge in [-0.3, -0.25) is 14.5 Å². The van der Waals surface area contributed by atoms with Crippen molar-refractivity contribution in [3.8, 4) is 11.5 Å². The number of fused-ring (bicyclic) bond motifs is 1. The maximum absolute atomic E-state index is 12.8. The Bertz CT molecular complexity index is 728. The molecule has 0 spiro atoms. The second kappa shape index (κ2) is 10.7. The Balaban J connectivity index is 1.56. The van der Waals surface area contributed by atoms with Crippen LogP contribution in [0.15, 0.2) is 18.2 Å². The summed E-state index contributed by atoms with van der Waals surface area (Å²) in [4.78, 5) is 26.8. The van der Waals surface area contributed by atoms with Gasteiger partial charge < -0.3 is 19.5 Å². The third kappa shape index (κ3) is 5.88. The Morgan fingerprint density at radius 3 is 2.53 bits per heavy atom. The molecule has 30 heavy (non-hydrogen) atoms. The number of rotatable bonds is 7.